The van der Waals surface area contributed by atoms with E-state index in [0.29, 0.717) is 16.4 Å². The molecule has 0 unspecified atom stereocenters. The second-order valence-electron chi connectivity index (χ2n) is 7.56. The van der Waals surface area contributed by atoms with Crippen LogP contribution in [0.3, 0.4) is 0 Å². The first-order valence-corrected chi connectivity index (χ1v) is 9.15. The zero-order valence-corrected chi connectivity index (χ0v) is 16.2. The van der Waals surface area contributed by atoms with Crippen LogP contribution in [0.25, 0.3) is 0 Å². The van der Waals surface area contributed by atoms with E-state index in [2.05, 4.69) is 0 Å². The summed E-state index contributed by atoms with van der Waals surface area (Å²) < 4.78 is 12.1. The zero-order valence-electron chi connectivity index (χ0n) is 16.2. The fourth-order valence-electron chi connectivity index (χ4n) is 4.28. The maximum Gasteiger partial charge on any atom is 0.258 e. The third kappa shape index (κ3) is 2.55. The highest BCUT2D eigenvalue weighted by atomic mass is 16.5. The molecule has 3 aromatic rings. The van der Waals surface area contributed by atoms with E-state index in [1.54, 1.807) is 0 Å². The van der Waals surface area contributed by atoms with Gasteiger partial charge in [0.2, 0.25) is 0 Å². The Morgan fingerprint density at radius 2 is 0.774 bits per heavy atom. The van der Waals surface area contributed by atoms with E-state index in [9.17, 15) is 0 Å². The molecule has 0 spiro atoms. The lowest BCUT2D eigenvalue weighted by molar-refractivity contribution is 0.474. The van der Waals surface area contributed by atoms with Gasteiger partial charge in [0.25, 0.3) is 6.71 Å². The standard InChI is InChI=1S/C18HB11O2/c19-2-1-3(20)16-14-15(2)30-17-10(27)6(23)4(21)8(25)12(17)29(14)13-9(26)5(22)7(24)11(28)18(13)31-16/h1H. The lowest BCUT2D eigenvalue weighted by Gasteiger charge is -2.40. The molecule has 0 bridgehead atoms. The molecule has 0 N–H and O–H groups in total. The van der Waals surface area contributed by atoms with Crippen molar-refractivity contribution in [3.05, 3.63) is 6.07 Å². The average molecular weight is 368 g/mol. The van der Waals surface area contributed by atoms with E-state index in [4.69, 9.17) is 87.9 Å². The lowest BCUT2D eigenvalue weighted by Crippen LogP contribution is -2.72. The first-order chi connectivity index (χ1) is 14.6. The predicted molar refractivity (Wildman–Crippen MR) is 138 cm³/mol. The topological polar surface area (TPSA) is 18.5 Å². The van der Waals surface area contributed by atoms with Crippen molar-refractivity contribution < 1.29 is 9.47 Å². The summed E-state index contributed by atoms with van der Waals surface area (Å²) in [5.41, 5.74) is 2.74. The van der Waals surface area contributed by atoms with Crippen molar-refractivity contribution in [3.63, 3.8) is 0 Å². The van der Waals surface area contributed by atoms with Crippen molar-refractivity contribution in [2.75, 3.05) is 0 Å². The van der Waals surface area contributed by atoms with E-state index in [1.165, 1.54) is 6.07 Å². The minimum atomic E-state index is -0.710. The Kier molecular flexibility index (Phi) is 4.53. The van der Waals surface area contributed by atoms with E-state index in [0.717, 1.165) is 0 Å². The molecule has 118 valence electrons. The molecule has 3 aromatic carbocycles. The number of benzene rings is 3. The van der Waals surface area contributed by atoms with Crippen LogP contribution < -0.4 is 80.5 Å². The molecule has 0 saturated carbocycles. The largest absolute Gasteiger partial charge is 0.460 e. The van der Waals surface area contributed by atoms with Crippen LogP contribution in [-0.4, -0.2) is 85.2 Å². The van der Waals surface area contributed by atoms with Gasteiger partial charge in [0.1, 0.15) is 101 Å². The molecule has 2 aliphatic rings. The van der Waals surface area contributed by atoms with Gasteiger partial charge in [0, 0.05) is 5.46 Å². The normalized spacial score (nSPS) is 13.0. The highest BCUT2D eigenvalue weighted by Gasteiger charge is 2.44. The Morgan fingerprint density at radius 1 is 0.419 bits per heavy atom. The van der Waals surface area contributed by atoms with E-state index in [-0.39, 0.29) is 77.6 Å². The molecule has 0 fully saturated rings. The van der Waals surface area contributed by atoms with Crippen LogP contribution in [0.2, 0.25) is 0 Å². The summed E-state index contributed by atoms with van der Waals surface area (Å²) >= 11 is 0. The monoisotopic (exact) mass is 370 g/mol. The summed E-state index contributed by atoms with van der Waals surface area (Å²) in [6.45, 7) is -0.710. The Morgan fingerprint density at radius 3 is 1.16 bits per heavy atom. The predicted octanol–water partition coefficient (Wildman–Crippen LogP) is -9.65. The smallest absolute Gasteiger partial charge is 0.258 e. The average Bonchev–Trinajstić information content (AvgIpc) is 2.75. The zero-order chi connectivity index (χ0) is 22.5. The summed E-state index contributed by atoms with van der Waals surface area (Å²) in [6, 6.07) is 1.50. The van der Waals surface area contributed by atoms with Crippen molar-refractivity contribution in [2.24, 2.45) is 0 Å². The van der Waals surface area contributed by atoms with E-state index in [1.807, 2.05) is 0 Å². The molecule has 0 atom stereocenters. The summed E-state index contributed by atoms with van der Waals surface area (Å²) in [6.07, 6.45) is 0. The van der Waals surface area contributed by atoms with Crippen LogP contribution in [0, 0.1) is 0 Å². The van der Waals surface area contributed by atoms with E-state index >= 15 is 0 Å². The van der Waals surface area contributed by atoms with Gasteiger partial charge in [0.05, 0.1) is 0 Å². The van der Waals surface area contributed by atoms with Crippen molar-refractivity contribution >= 4 is 156 Å². The Labute approximate surface area is 194 Å². The molecule has 2 nitrogen and oxygen atoms in total. The van der Waals surface area contributed by atoms with Gasteiger partial charge in [-0.2, -0.15) is 0 Å². The van der Waals surface area contributed by atoms with Gasteiger partial charge in [-0.15, -0.1) is 32.8 Å². The molecule has 0 saturated heterocycles. The van der Waals surface area contributed by atoms with Gasteiger partial charge in [-0.1, -0.05) is 27.9 Å². The van der Waals surface area contributed by atoms with Crippen LogP contribution in [0.5, 0.6) is 23.0 Å². The SMILES string of the molecule is [B]c1cc([B])c2c3c1Oc1c([B])c([B])c([B])c([B])c1B3c1c([B])c([B])c([B])c([B])c1O2. The maximum absolute atomic E-state index is 6.39. The number of hydrogen-bond donors (Lipinski definition) is 0. The molecule has 31 heavy (non-hydrogen) atoms. The maximum atomic E-state index is 6.39. The van der Waals surface area contributed by atoms with Crippen LogP contribution >= 0.6 is 0 Å². The van der Waals surface area contributed by atoms with Gasteiger partial charge in [-0.3, -0.25) is 0 Å². The third-order valence-electron chi connectivity index (χ3n) is 5.90. The number of fused-ring (bicyclic) bond motifs is 4. The molecular formula is C18HB11O2. The molecule has 2 aliphatic heterocycles. The second kappa shape index (κ2) is 6.74. The van der Waals surface area contributed by atoms with Gasteiger partial charge >= 0.3 is 0 Å². The molecule has 0 aromatic heterocycles. The molecular weight excluding hydrogens is 367 g/mol. The van der Waals surface area contributed by atoms with Gasteiger partial charge in [-0.25, -0.2) is 0 Å². The van der Waals surface area contributed by atoms with Gasteiger partial charge < -0.3 is 9.47 Å². The summed E-state index contributed by atoms with van der Waals surface area (Å²) in [5, 5.41) is 0. The lowest BCUT2D eigenvalue weighted by atomic mass is 9.30. The third-order valence-corrected chi connectivity index (χ3v) is 5.90. The molecule has 20 radical (unpaired) electrons. The van der Waals surface area contributed by atoms with Gasteiger partial charge in [0.15, 0.2) is 0 Å². The molecule has 13 heteroatoms. The van der Waals surface area contributed by atoms with Gasteiger partial charge in [-0.05, 0) is 10.9 Å². The van der Waals surface area contributed by atoms with Crippen LogP contribution in [0.15, 0.2) is 6.07 Å². The fraction of sp³-hybridized carbons (Fsp3) is 0. The first-order valence-electron chi connectivity index (χ1n) is 9.15. The Bertz CT molecular complexity index is 1250. The number of hydrogen-bond acceptors (Lipinski definition) is 2. The summed E-state index contributed by atoms with van der Waals surface area (Å²) in [7, 11) is 62.1. The quantitative estimate of drug-likeness (QED) is 0.253. The van der Waals surface area contributed by atoms with E-state index < -0.39 is 6.71 Å². The molecule has 2 heterocycles. The minimum Gasteiger partial charge on any atom is -0.460 e. The number of ether oxygens (including phenoxy) is 2. The minimum absolute atomic E-state index is 0.0885. The molecule has 5 rings (SSSR count). The molecule has 0 aliphatic carbocycles. The fourth-order valence-corrected chi connectivity index (χ4v) is 4.28. The van der Waals surface area contributed by atoms with Crippen molar-refractivity contribution in [1.82, 2.24) is 0 Å². The van der Waals surface area contributed by atoms with Crippen molar-refractivity contribution in [2.45, 2.75) is 0 Å². The summed E-state index contributed by atoms with van der Waals surface area (Å²) in [4.78, 5) is 0. The van der Waals surface area contributed by atoms with Crippen LogP contribution in [0.1, 0.15) is 0 Å². The second-order valence-corrected chi connectivity index (χ2v) is 7.56. The number of rotatable bonds is 0. The summed E-state index contributed by atoms with van der Waals surface area (Å²) in [5.74, 6) is 0.947. The Balaban J connectivity index is 2.01. The highest BCUT2D eigenvalue weighted by molar-refractivity contribution is 7.03. The first kappa shape index (κ1) is 20.9. The Hall–Kier alpha value is -2.03. The van der Waals surface area contributed by atoms with Crippen molar-refractivity contribution in [1.29, 1.82) is 0 Å². The van der Waals surface area contributed by atoms with Crippen molar-refractivity contribution in [3.8, 4) is 23.0 Å². The van der Waals surface area contributed by atoms with Crippen LogP contribution in [-0.2, 0) is 0 Å². The highest BCUT2D eigenvalue weighted by Crippen LogP contribution is 2.29. The van der Waals surface area contributed by atoms with Crippen LogP contribution in [0.4, 0.5) is 0 Å². The molecule has 0 amide bonds.